The number of aliphatic hydroxyl groups excluding tert-OH is 3. The fourth-order valence-electron chi connectivity index (χ4n) is 9.38. The van der Waals surface area contributed by atoms with Gasteiger partial charge in [0.2, 0.25) is 0 Å². The van der Waals surface area contributed by atoms with Gasteiger partial charge in [0.25, 0.3) is 5.91 Å². The van der Waals surface area contributed by atoms with Crippen molar-refractivity contribution in [3.8, 4) is 11.5 Å². The topological polar surface area (TPSA) is 166 Å². The molecule has 0 bridgehead atoms. The van der Waals surface area contributed by atoms with Crippen molar-refractivity contribution in [1.82, 2.24) is 5.32 Å². The molecule has 6 N–H and O–H groups in total. The number of carbonyl (C=O) groups excluding carboxylic acids is 2. The number of ketones is 1. The van der Waals surface area contributed by atoms with Crippen molar-refractivity contribution in [1.29, 1.82) is 0 Å². The lowest BCUT2D eigenvalue weighted by atomic mass is 9.55. The van der Waals surface area contributed by atoms with Gasteiger partial charge < -0.3 is 40.3 Å². The Balaban J connectivity index is 1.33. The summed E-state index contributed by atoms with van der Waals surface area (Å²) in [4.78, 5) is 27.2. The van der Waals surface area contributed by atoms with Crippen LogP contribution in [0.2, 0.25) is 0 Å². The third-order valence-corrected chi connectivity index (χ3v) is 12.0. The van der Waals surface area contributed by atoms with Crippen LogP contribution in [-0.2, 0) is 19.1 Å². The minimum Gasteiger partial charge on any atom is -0.508 e. The van der Waals surface area contributed by atoms with Crippen LogP contribution < -0.4 is 5.32 Å². The van der Waals surface area contributed by atoms with Crippen LogP contribution in [-0.4, -0.2) is 61.4 Å². The van der Waals surface area contributed by atoms with Crippen molar-refractivity contribution in [3.63, 3.8) is 0 Å². The molecule has 252 valence electrons. The maximum Gasteiger partial charge on any atom is 0.260 e. The number of hydrogen-bond donors (Lipinski definition) is 6. The third-order valence-electron chi connectivity index (χ3n) is 12.0. The number of Topliss-reactive ketones (excluding diaryl/α,β-unsaturated/α-hetero) is 1. The SMILES string of the molecule is CC1=C[C@@H]2CC[C@@H](O)[C@H](C)[C@@H]2[C@@H](C(=O)C2=C(O)C(O)NC2=O)[C@@H]1C[C@H]1O[C@@]2(CC[C@H](C)[C@@H](c3cc(O)cc(O)c3)O2)[C@@H](C)C[C@@H]1C. The number of nitrogens with one attached hydrogen (secondary N) is 1. The van der Waals surface area contributed by atoms with Crippen LogP contribution in [0.5, 0.6) is 11.5 Å². The van der Waals surface area contributed by atoms with Gasteiger partial charge in [0.15, 0.2) is 23.6 Å². The molecule has 1 aromatic rings. The molecule has 6 rings (SSSR count). The Morgan fingerprint density at radius 1 is 0.978 bits per heavy atom. The highest BCUT2D eigenvalue weighted by molar-refractivity contribution is 6.22. The summed E-state index contributed by atoms with van der Waals surface area (Å²) < 4.78 is 13.9. The minimum absolute atomic E-state index is 0.0326. The van der Waals surface area contributed by atoms with Crippen LogP contribution in [0.15, 0.2) is 41.2 Å². The van der Waals surface area contributed by atoms with E-state index in [-0.39, 0.29) is 59.0 Å². The Hall–Kier alpha value is -2.92. The lowest BCUT2D eigenvalue weighted by Gasteiger charge is -2.54. The summed E-state index contributed by atoms with van der Waals surface area (Å²) in [6, 6.07) is 4.54. The van der Waals surface area contributed by atoms with Crippen LogP contribution in [0.3, 0.4) is 0 Å². The van der Waals surface area contributed by atoms with Crippen molar-refractivity contribution in [2.45, 2.75) is 103 Å². The fraction of sp³-hybridized carbons (Fsp3) is 0.667. The smallest absolute Gasteiger partial charge is 0.260 e. The first-order valence-corrected chi connectivity index (χ1v) is 16.9. The molecule has 5 aliphatic rings. The van der Waals surface area contributed by atoms with Gasteiger partial charge in [-0.1, -0.05) is 39.3 Å². The molecule has 1 unspecified atom stereocenters. The summed E-state index contributed by atoms with van der Waals surface area (Å²) >= 11 is 0. The first-order chi connectivity index (χ1) is 21.7. The summed E-state index contributed by atoms with van der Waals surface area (Å²) in [5.74, 6) is -4.05. The normalized spacial score (nSPS) is 42.8. The summed E-state index contributed by atoms with van der Waals surface area (Å²) in [6.07, 6.45) is 3.48. The number of amides is 1. The molecule has 10 nitrogen and oxygen atoms in total. The second-order valence-electron chi connectivity index (χ2n) is 14.9. The highest BCUT2D eigenvalue weighted by Crippen LogP contribution is 2.54. The maximum atomic E-state index is 14.4. The van der Waals surface area contributed by atoms with Crippen molar-refractivity contribution >= 4 is 11.7 Å². The van der Waals surface area contributed by atoms with Crippen molar-refractivity contribution < 1.29 is 44.6 Å². The zero-order chi connectivity index (χ0) is 33.2. The second kappa shape index (κ2) is 12.3. The summed E-state index contributed by atoms with van der Waals surface area (Å²) in [6.45, 7) is 10.3. The van der Waals surface area contributed by atoms with Crippen molar-refractivity contribution in [2.24, 2.45) is 47.3 Å². The molecule has 13 atom stereocenters. The van der Waals surface area contributed by atoms with Gasteiger partial charge in [0.05, 0.1) is 18.3 Å². The molecule has 2 aliphatic carbocycles. The van der Waals surface area contributed by atoms with Gasteiger partial charge in [-0.25, -0.2) is 0 Å². The molecule has 0 aromatic heterocycles. The molecular formula is C36H49NO9. The molecule has 10 heteroatoms. The van der Waals surface area contributed by atoms with Gasteiger partial charge in [0, 0.05) is 24.3 Å². The Bertz CT molecular complexity index is 1420. The molecule has 1 spiro atoms. The Kier molecular flexibility index (Phi) is 8.80. The first kappa shape index (κ1) is 33.0. The van der Waals surface area contributed by atoms with E-state index in [1.807, 2.05) is 13.8 Å². The lowest BCUT2D eigenvalue weighted by molar-refractivity contribution is -0.356. The zero-order valence-electron chi connectivity index (χ0n) is 27.3. The van der Waals surface area contributed by atoms with E-state index >= 15 is 0 Å². The van der Waals surface area contributed by atoms with Crippen LogP contribution >= 0.6 is 0 Å². The van der Waals surface area contributed by atoms with E-state index in [1.165, 1.54) is 6.07 Å². The van der Waals surface area contributed by atoms with Gasteiger partial charge >= 0.3 is 0 Å². The molecule has 3 fully saturated rings. The molecule has 1 saturated carbocycles. The second-order valence-corrected chi connectivity index (χ2v) is 14.9. The van der Waals surface area contributed by atoms with Gasteiger partial charge in [-0.15, -0.1) is 0 Å². The largest absolute Gasteiger partial charge is 0.508 e. The van der Waals surface area contributed by atoms with E-state index in [4.69, 9.17) is 9.47 Å². The van der Waals surface area contributed by atoms with Gasteiger partial charge in [-0.05, 0) is 92.2 Å². The van der Waals surface area contributed by atoms with Crippen molar-refractivity contribution in [3.05, 3.63) is 46.7 Å². The molecule has 0 radical (unpaired) electrons. The number of hydrogen-bond acceptors (Lipinski definition) is 9. The number of rotatable bonds is 5. The van der Waals surface area contributed by atoms with Crippen LogP contribution in [0, 0.1) is 47.3 Å². The quantitative estimate of drug-likeness (QED) is 0.196. The molecule has 3 aliphatic heterocycles. The molecule has 3 heterocycles. The fourth-order valence-corrected chi connectivity index (χ4v) is 9.38. The first-order valence-electron chi connectivity index (χ1n) is 16.9. The number of fused-ring (bicyclic) bond motifs is 1. The van der Waals surface area contributed by atoms with Crippen LogP contribution in [0.25, 0.3) is 0 Å². The monoisotopic (exact) mass is 639 g/mol. The van der Waals surface area contributed by atoms with Gasteiger partial charge in [0.1, 0.15) is 17.1 Å². The van der Waals surface area contributed by atoms with E-state index in [1.54, 1.807) is 12.1 Å². The Morgan fingerprint density at radius 2 is 1.67 bits per heavy atom. The number of phenolic OH excluding ortho intramolecular Hbond substituents is 2. The highest BCUT2D eigenvalue weighted by atomic mass is 16.7. The van der Waals surface area contributed by atoms with Crippen LogP contribution in [0.4, 0.5) is 0 Å². The number of ether oxygens (including phenoxy) is 2. The van der Waals surface area contributed by atoms with E-state index in [0.717, 1.165) is 24.8 Å². The number of allylic oxidation sites excluding steroid dienone is 2. The molecule has 1 amide bonds. The van der Waals surface area contributed by atoms with Gasteiger partial charge in [-0.2, -0.15) is 0 Å². The third kappa shape index (κ3) is 5.65. The van der Waals surface area contributed by atoms with E-state index < -0.39 is 53.2 Å². The molecule has 2 saturated heterocycles. The lowest BCUT2D eigenvalue weighted by Crippen LogP contribution is -2.56. The number of benzene rings is 1. The predicted octanol–water partition coefficient (Wildman–Crippen LogP) is 4.78. The minimum atomic E-state index is -1.62. The number of aliphatic hydroxyl groups is 3. The maximum absolute atomic E-state index is 14.4. The zero-order valence-corrected chi connectivity index (χ0v) is 27.3. The molecular weight excluding hydrogens is 590 g/mol. The van der Waals surface area contributed by atoms with E-state index in [0.29, 0.717) is 24.8 Å². The summed E-state index contributed by atoms with van der Waals surface area (Å²) in [5.41, 5.74) is 1.32. The average Bonchev–Trinajstić information content (AvgIpc) is 3.24. The average molecular weight is 640 g/mol. The Morgan fingerprint density at radius 3 is 2.33 bits per heavy atom. The van der Waals surface area contributed by atoms with Gasteiger partial charge in [-0.3, -0.25) is 9.59 Å². The summed E-state index contributed by atoms with van der Waals surface area (Å²) in [7, 11) is 0. The number of phenols is 2. The number of aromatic hydroxyl groups is 2. The van der Waals surface area contributed by atoms with Crippen molar-refractivity contribution in [2.75, 3.05) is 0 Å². The molecule has 1 aromatic carbocycles. The van der Waals surface area contributed by atoms with E-state index in [9.17, 15) is 35.1 Å². The van der Waals surface area contributed by atoms with Crippen LogP contribution in [0.1, 0.15) is 84.8 Å². The highest BCUT2D eigenvalue weighted by Gasteiger charge is 2.55. The van der Waals surface area contributed by atoms with E-state index in [2.05, 4.69) is 32.2 Å². The summed E-state index contributed by atoms with van der Waals surface area (Å²) in [5, 5.41) is 54.4. The molecule has 46 heavy (non-hydrogen) atoms. The Labute approximate surface area is 270 Å². The predicted molar refractivity (Wildman–Crippen MR) is 168 cm³/mol. The standard InChI is InChI=1S/C36H49NO9/c1-16-8-9-36(46-33(16)22-12-23(38)14-24(39)13-22)19(4)10-18(3)27(45-36)15-25-17(2)11-21-6-7-26(40)20(5)28(21)29(25)31(41)30-32(42)35(44)37-34(30)43/h11-14,16,18-21,25-29,33,35,38-40,42,44H,6-10,15H2,1-5H3,(H,37,43)/t16-,18-,19-,20-,21-,25+,26+,27+,28-,29-,33-,35?,36+/m0/s1. The number of carbonyl (C=O) groups is 2.